The van der Waals surface area contributed by atoms with Crippen LogP contribution in [0.2, 0.25) is 26.2 Å². The summed E-state index contributed by atoms with van der Waals surface area (Å²) in [5.74, 6) is 0.130. The number of allylic oxidation sites excluding steroid dienone is 3. The highest BCUT2D eigenvalue weighted by molar-refractivity contribution is 6.48. The highest BCUT2D eigenvalue weighted by Crippen LogP contribution is 2.51. The summed E-state index contributed by atoms with van der Waals surface area (Å²) in [6, 6.07) is 0. The lowest BCUT2D eigenvalue weighted by Gasteiger charge is -2.51. The van der Waals surface area contributed by atoms with Crippen molar-refractivity contribution in [3.05, 3.63) is 23.8 Å². The van der Waals surface area contributed by atoms with Gasteiger partial charge in [-0.25, -0.2) is 4.79 Å². The molecule has 1 heterocycles. The van der Waals surface area contributed by atoms with Gasteiger partial charge < -0.3 is 18.3 Å². The van der Waals surface area contributed by atoms with Crippen molar-refractivity contribution in [2.45, 2.75) is 151 Å². The van der Waals surface area contributed by atoms with E-state index < -0.39 is 29.8 Å². The molecule has 252 valence electrons. The van der Waals surface area contributed by atoms with Crippen molar-refractivity contribution in [1.82, 2.24) is 0 Å². The predicted molar refractivity (Wildman–Crippen MR) is 185 cm³/mol. The molecule has 0 bridgehead atoms. The van der Waals surface area contributed by atoms with Crippen molar-refractivity contribution < 1.29 is 27.9 Å². The fourth-order valence-electron chi connectivity index (χ4n) is 7.68. The third-order valence-electron chi connectivity index (χ3n) is 9.72. The summed E-state index contributed by atoms with van der Waals surface area (Å²) in [7, 11) is -2.95. The third-order valence-corrected chi connectivity index (χ3v) is 11.6. The molecule has 3 rings (SSSR count). The van der Waals surface area contributed by atoms with Gasteiger partial charge in [0.2, 0.25) is 0 Å². The lowest BCUT2D eigenvalue weighted by Crippen LogP contribution is -2.55. The largest absolute Gasteiger partial charge is 0.462 e. The molecular formula is C36H64O6Si2. The lowest BCUT2D eigenvalue weighted by molar-refractivity contribution is -0.182. The van der Waals surface area contributed by atoms with Crippen molar-refractivity contribution in [3.8, 4) is 0 Å². The molecule has 0 aromatic carbocycles. The van der Waals surface area contributed by atoms with Gasteiger partial charge in [-0.15, -0.1) is 0 Å². The summed E-state index contributed by atoms with van der Waals surface area (Å²) in [5, 5.41) is 0. The topological polar surface area (TPSA) is 71.1 Å². The van der Waals surface area contributed by atoms with E-state index in [9.17, 15) is 9.59 Å². The Morgan fingerprint density at radius 2 is 1.55 bits per heavy atom. The molecule has 8 heteroatoms. The smallest absolute Gasteiger partial charge is 0.334 e. The maximum atomic E-state index is 13.5. The number of hydrogen-bond acceptors (Lipinski definition) is 6. The van der Waals surface area contributed by atoms with Gasteiger partial charge >= 0.3 is 11.9 Å². The first-order valence-corrected chi connectivity index (χ1v) is 22.7. The Hall–Kier alpha value is -1.23. The zero-order valence-electron chi connectivity index (χ0n) is 30.4. The Kier molecular flexibility index (Phi) is 11.7. The number of hydrogen-bond donors (Lipinski definition) is 0. The minimum absolute atomic E-state index is 0.0287. The molecule has 3 aliphatic rings. The summed E-state index contributed by atoms with van der Waals surface area (Å²) < 4.78 is 26.0. The Balaban J connectivity index is 2.01. The summed E-state index contributed by atoms with van der Waals surface area (Å²) in [6.07, 6.45) is 9.37. The molecule has 2 aliphatic carbocycles. The van der Waals surface area contributed by atoms with E-state index in [2.05, 4.69) is 114 Å². The first-order valence-electron chi connectivity index (χ1n) is 17.1. The number of esters is 2. The normalized spacial score (nSPS) is 31.3. The van der Waals surface area contributed by atoms with Gasteiger partial charge in [0.05, 0.1) is 12.0 Å². The van der Waals surface area contributed by atoms with Crippen molar-refractivity contribution in [2.75, 3.05) is 0 Å². The van der Waals surface area contributed by atoms with Crippen molar-refractivity contribution in [3.63, 3.8) is 0 Å². The van der Waals surface area contributed by atoms with Crippen molar-refractivity contribution in [1.29, 1.82) is 0 Å². The van der Waals surface area contributed by atoms with Crippen LogP contribution in [0.4, 0.5) is 0 Å². The number of fused-ring (bicyclic) bond motifs is 1. The molecule has 0 saturated carbocycles. The maximum Gasteiger partial charge on any atom is 0.334 e. The predicted octanol–water partition coefficient (Wildman–Crippen LogP) is 8.01. The van der Waals surface area contributed by atoms with Gasteiger partial charge in [-0.1, -0.05) is 80.5 Å². The van der Waals surface area contributed by atoms with Crippen LogP contribution in [0, 0.1) is 39.9 Å². The second-order valence-electron chi connectivity index (χ2n) is 18.0. The van der Waals surface area contributed by atoms with Gasteiger partial charge in [0.25, 0.3) is 0 Å². The average Bonchev–Trinajstić information content (AvgIpc) is 2.81. The van der Waals surface area contributed by atoms with Gasteiger partial charge in [-0.3, -0.25) is 4.79 Å². The molecule has 0 N–H and O–H groups in total. The first-order chi connectivity index (χ1) is 20.0. The minimum Gasteiger partial charge on any atom is -0.462 e. The van der Waals surface area contributed by atoms with E-state index in [1.807, 2.05) is 0 Å². The second-order valence-corrected chi connectivity index (χ2v) is 22.7. The van der Waals surface area contributed by atoms with Crippen LogP contribution in [0.1, 0.15) is 101 Å². The monoisotopic (exact) mass is 648 g/mol. The van der Waals surface area contributed by atoms with Crippen LogP contribution in [-0.2, 0) is 27.9 Å². The van der Waals surface area contributed by atoms with E-state index in [1.165, 1.54) is 5.57 Å². The first kappa shape index (κ1) is 37.2. The molecule has 0 amide bonds. The fourth-order valence-corrected chi connectivity index (χ4v) is 9.92. The van der Waals surface area contributed by atoms with E-state index in [0.717, 1.165) is 19.3 Å². The summed E-state index contributed by atoms with van der Waals surface area (Å²) >= 11 is 0. The van der Waals surface area contributed by atoms with E-state index in [1.54, 1.807) is 0 Å². The van der Waals surface area contributed by atoms with E-state index in [-0.39, 0.29) is 58.1 Å². The van der Waals surface area contributed by atoms with Crippen LogP contribution >= 0.6 is 0 Å². The Labute approximate surface area is 272 Å². The second kappa shape index (κ2) is 13.9. The Bertz CT molecular complexity index is 1080. The molecule has 0 radical (unpaired) electrons. The van der Waals surface area contributed by atoms with Gasteiger partial charge in [-0.2, -0.15) is 0 Å². The molecule has 8 atom stereocenters. The van der Waals surface area contributed by atoms with Crippen LogP contribution in [0.5, 0.6) is 0 Å². The molecule has 0 aromatic rings. The van der Waals surface area contributed by atoms with Crippen molar-refractivity contribution in [2.24, 2.45) is 39.9 Å². The third kappa shape index (κ3) is 9.65. The molecule has 1 fully saturated rings. The standard InChI is InChI=1S/C36H64O6Si2/c1-33(2,3)22-29(37)40-28-19-24(34(4,5)6)18-23-16-15-17-26(30(23)28)36(10,42-44(13)14)21-25-20-27(35(7,8)9)31(32(38)39-25)41-43(11)12/h15-16,18,24-28,30-31,43-44H,17,19-22H2,1-14H3/t24-,25-,26+,27+,28+,30+,31?,36+/m1/s1. The van der Waals surface area contributed by atoms with Crippen LogP contribution in [-0.4, -0.2) is 53.9 Å². The quantitative estimate of drug-likeness (QED) is 0.186. The molecule has 1 unspecified atom stereocenters. The summed E-state index contributed by atoms with van der Waals surface area (Å²) in [6.45, 7) is 30.5. The van der Waals surface area contributed by atoms with Crippen LogP contribution in [0.15, 0.2) is 23.8 Å². The van der Waals surface area contributed by atoms with E-state index in [0.29, 0.717) is 18.8 Å². The van der Waals surface area contributed by atoms with Gasteiger partial charge in [0, 0.05) is 24.2 Å². The molecule has 1 aliphatic heterocycles. The summed E-state index contributed by atoms with van der Waals surface area (Å²) in [4.78, 5) is 26.8. The van der Waals surface area contributed by atoms with Crippen LogP contribution < -0.4 is 0 Å². The average molecular weight is 649 g/mol. The minimum atomic E-state index is -1.51. The molecular weight excluding hydrogens is 585 g/mol. The maximum absolute atomic E-state index is 13.5. The SMILES string of the molecule is C[SiH](C)OC1C(=O)O[C@@H](C[C@](C)(O[SiH](C)C)[C@H]2CC=CC3=C[C@@H](C(C)(C)C)C[C@H](OC(=O)CC(C)(C)C)[C@@H]32)C[C@@H]1C(C)(C)C. The number of rotatable bonds is 9. The van der Waals surface area contributed by atoms with Gasteiger partial charge in [0.15, 0.2) is 18.1 Å². The van der Waals surface area contributed by atoms with Crippen molar-refractivity contribution >= 4 is 30.0 Å². The molecule has 0 spiro atoms. The number of cyclic esters (lactones) is 1. The zero-order valence-corrected chi connectivity index (χ0v) is 32.7. The van der Waals surface area contributed by atoms with E-state index in [4.69, 9.17) is 18.3 Å². The molecule has 44 heavy (non-hydrogen) atoms. The number of ether oxygens (including phenoxy) is 2. The highest BCUT2D eigenvalue weighted by Gasteiger charge is 2.52. The molecule has 1 saturated heterocycles. The Morgan fingerprint density at radius 3 is 2.07 bits per heavy atom. The van der Waals surface area contributed by atoms with Gasteiger partial charge in [0.1, 0.15) is 18.3 Å². The number of carbonyl (C=O) groups excluding carboxylic acids is 2. The highest BCUT2D eigenvalue weighted by atomic mass is 28.3. The molecule has 6 nitrogen and oxygen atoms in total. The van der Waals surface area contributed by atoms with Gasteiger partial charge in [-0.05, 0) is 80.1 Å². The Morgan fingerprint density at radius 1 is 0.909 bits per heavy atom. The molecule has 0 aromatic heterocycles. The lowest BCUT2D eigenvalue weighted by atomic mass is 9.61. The summed E-state index contributed by atoms with van der Waals surface area (Å²) in [5.41, 5.74) is 0.510. The number of carbonyl (C=O) groups is 2. The van der Waals surface area contributed by atoms with Crippen LogP contribution in [0.3, 0.4) is 0 Å². The van der Waals surface area contributed by atoms with E-state index >= 15 is 0 Å². The zero-order chi connectivity index (χ0) is 33.4. The fraction of sp³-hybridized carbons (Fsp3) is 0.833. The van der Waals surface area contributed by atoms with Crippen LogP contribution in [0.25, 0.3) is 0 Å².